The molecule has 1 aliphatic heterocycles. The molecule has 0 amide bonds. The predicted molar refractivity (Wildman–Crippen MR) is 71.8 cm³/mol. The van der Waals surface area contributed by atoms with Crippen molar-refractivity contribution >= 4 is 26.7 Å². The summed E-state index contributed by atoms with van der Waals surface area (Å²) < 4.78 is 7.01. The lowest BCUT2D eigenvalue weighted by Gasteiger charge is -2.35. The number of morpholine rings is 1. The largest absolute Gasteiger partial charge is 0.372 e. The van der Waals surface area contributed by atoms with Gasteiger partial charge in [0.2, 0.25) is 0 Å². The van der Waals surface area contributed by atoms with Crippen LogP contribution in [0.15, 0.2) is 24.3 Å². The number of thiazole rings is 1. The summed E-state index contributed by atoms with van der Waals surface area (Å²) in [4.78, 5) is 7.03. The first-order valence-electron chi connectivity index (χ1n) is 5.98. The summed E-state index contributed by atoms with van der Waals surface area (Å²) in [7, 11) is 0. The van der Waals surface area contributed by atoms with Crippen molar-refractivity contribution in [2.24, 2.45) is 0 Å². The van der Waals surface area contributed by atoms with Crippen molar-refractivity contribution in [2.45, 2.75) is 26.1 Å². The highest BCUT2D eigenvalue weighted by molar-refractivity contribution is 7.22. The van der Waals surface area contributed by atoms with Gasteiger partial charge in [-0.15, -0.1) is 0 Å². The third kappa shape index (κ3) is 2.15. The minimum absolute atomic E-state index is 0.283. The monoisotopic (exact) mass is 248 g/mol. The highest BCUT2D eigenvalue weighted by atomic mass is 32.1. The van der Waals surface area contributed by atoms with Gasteiger partial charge >= 0.3 is 0 Å². The van der Waals surface area contributed by atoms with E-state index in [-0.39, 0.29) is 12.2 Å². The first-order chi connectivity index (χ1) is 8.22. The van der Waals surface area contributed by atoms with Crippen molar-refractivity contribution in [1.82, 2.24) is 4.98 Å². The lowest BCUT2D eigenvalue weighted by atomic mass is 10.2. The van der Waals surface area contributed by atoms with Gasteiger partial charge in [0.05, 0.1) is 22.4 Å². The Morgan fingerprint density at radius 2 is 1.94 bits per heavy atom. The van der Waals surface area contributed by atoms with Gasteiger partial charge < -0.3 is 9.64 Å². The van der Waals surface area contributed by atoms with Crippen LogP contribution in [0.5, 0.6) is 0 Å². The Labute approximate surface area is 105 Å². The molecule has 1 aromatic carbocycles. The molecule has 1 aromatic heterocycles. The second-order valence-corrected chi connectivity index (χ2v) is 5.64. The quantitative estimate of drug-likeness (QED) is 0.776. The van der Waals surface area contributed by atoms with Gasteiger partial charge in [0.1, 0.15) is 0 Å². The molecule has 1 saturated heterocycles. The number of fused-ring (bicyclic) bond motifs is 1. The van der Waals surface area contributed by atoms with Crippen molar-refractivity contribution in [3.8, 4) is 0 Å². The minimum atomic E-state index is 0.283. The molecule has 90 valence electrons. The SMILES string of the molecule is C[C@@H]1CN(c2nc3ccccc3s2)C[C@H](C)O1. The van der Waals surface area contributed by atoms with Gasteiger partial charge in [-0.3, -0.25) is 0 Å². The van der Waals surface area contributed by atoms with Gasteiger partial charge in [-0.1, -0.05) is 23.5 Å². The summed E-state index contributed by atoms with van der Waals surface area (Å²) in [6, 6.07) is 8.30. The average molecular weight is 248 g/mol. The van der Waals surface area contributed by atoms with Crippen LogP contribution in [0, 0.1) is 0 Å². The molecule has 0 N–H and O–H groups in total. The molecule has 0 unspecified atom stereocenters. The van der Waals surface area contributed by atoms with Crippen LogP contribution in [0.3, 0.4) is 0 Å². The smallest absolute Gasteiger partial charge is 0.186 e. The van der Waals surface area contributed by atoms with E-state index in [1.54, 1.807) is 11.3 Å². The maximum absolute atomic E-state index is 5.75. The Hall–Kier alpha value is -1.13. The summed E-state index contributed by atoms with van der Waals surface area (Å²) in [5.74, 6) is 0. The van der Waals surface area contributed by atoms with Crippen LogP contribution in [0.4, 0.5) is 5.13 Å². The maximum Gasteiger partial charge on any atom is 0.186 e. The number of benzene rings is 1. The molecule has 0 saturated carbocycles. The lowest BCUT2D eigenvalue weighted by Crippen LogP contribution is -2.45. The Morgan fingerprint density at radius 3 is 2.65 bits per heavy atom. The average Bonchev–Trinajstić information content (AvgIpc) is 2.71. The highest BCUT2D eigenvalue weighted by Crippen LogP contribution is 2.30. The molecule has 0 radical (unpaired) electrons. The Bertz CT molecular complexity index is 482. The van der Waals surface area contributed by atoms with Crippen molar-refractivity contribution in [2.75, 3.05) is 18.0 Å². The predicted octanol–water partition coefficient (Wildman–Crippen LogP) is 2.91. The zero-order chi connectivity index (χ0) is 11.8. The van der Waals surface area contributed by atoms with E-state index in [2.05, 4.69) is 36.9 Å². The number of hydrogen-bond donors (Lipinski definition) is 0. The third-order valence-electron chi connectivity index (χ3n) is 2.97. The number of ether oxygens (including phenoxy) is 1. The van der Waals surface area contributed by atoms with Crippen LogP contribution in [-0.2, 0) is 4.74 Å². The highest BCUT2D eigenvalue weighted by Gasteiger charge is 2.24. The Kier molecular flexibility index (Phi) is 2.76. The molecule has 3 nitrogen and oxygen atoms in total. The molecule has 2 heterocycles. The van der Waals surface area contributed by atoms with E-state index in [4.69, 9.17) is 9.72 Å². The second-order valence-electron chi connectivity index (χ2n) is 4.63. The molecule has 0 aliphatic carbocycles. The van der Waals surface area contributed by atoms with E-state index in [1.807, 2.05) is 6.07 Å². The minimum Gasteiger partial charge on any atom is -0.372 e. The fourth-order valence-electron chi connectivity index (χ4n) is 2.33. The van der Waals surface area contributed by atoms with Gasteiger partial charge in [-0.2, -0.15) is 0 Å². The molecule has 0 bridgehead atoms. The standard InChI is InChI=1S/C13H16N2OS/c1-9-7-15(8-10(2)16-9)13-14-11-5-3-4-6-12(11)17-13/h3-6,9-10H,7-8H2,1-2H3/t9-,10+. The molecule has 1 fully saturated rings. The Morgan fingerprint density at radius 1 is 1.24 bits per heavy atom. The number of para-hydroxylation sites is 1. The summed E-state index contributed by atoms with van der Waals surface area (Å²) in [6.45, 7) is 6.11. The van der Waals surface area contributed by atoms with Gasteiger partial charge in [-0.25, -0.2) is 4.98 Å². The molecule has 2 aromatic rings. The fraction of sp³-hybridized carbons (Fsp3) is 0.462. The van der Waals surface area contributed by atoms with Gasteiger partial charge in [-0.05, 0) is 26.0 Å². The summed E-state index contributed by atoms with van der Waals surface area (Å²) in [5, 5.41) is 1.12. The first kappa shape index (κ1) is 11.0. The molecular weight excluding hydrogens is 232 g/mol. The van der Waals surface area contributed by atoms with Crippen molar-refractivity contribution in [1.29, 1.82) is 0 Å². The normalized spacial score (nSPS) is 25.4. The number of anilines is 1. The van der Waals surface area contributed by atoms with E-state index in [0.29, 0.717) is 0 Å². The van der Waals surface area contributed by atoms with E-state index < -0.39 is 0 Å². The van der Waals surface area contributed by atoms with Crippen LogP contribution >= 0.6 is 11.3 Å². The zero-order valence-electron chi connectivity index (χ0n) is 10.1. The van der Waals surface area contributed by atoms with Crippen LogP contribution < -0.4 is 4.90 Å². The van der Waals surface area contributed by atoms with Crippen molar-refractivity contribution in [3.63, 3.8) is 0 Å². The Balaban J connectivity index is 1.92. The van der Waals surface area contributed by atoms with Crippen molar-refractivity contribution < 1.29 is 4.74 Å². The molecule has 1 aliphatic rings. The van der Waals surface area contributed by atoms with E-state index >= 15 is 0 Å². The molecule has 3 rings (SSSR count). The number of hydrogen-bond acceptors (Lipinski definition) is 4. The summed E-state index contributed by atoms with van der Waals surface area (Å²) >= 11 is 1.77. The molecule has 17 heavy (non-hydrogen) atoms. The number of rotatable bonds is 1. The topological polar surface area (TPSA) is 25.4 Å². The van der Waals surface area contributed by atoms with Crippen LogP contribution in [0.2, 0.25) is 0 Å². The first-order valence-corrected chi connectivity index (χ1v) is 6.80. The zero-order valence-corrected chi connectivity index (χ0v) is 10.9. The molecule has 4 heteroatoms. The van der Waals surface area contributed by atoms with Crippen LogP contribution in [0.1, 0.15) is 13.8 Å². The number of aromatic nitrogens is 1. The second kappa shape index (κ2) is 4.27. The fourth-order valence-corrected chi connectivity index (χ4v) is 3.31. The summed E-state index contributed by atoms with van der Waals surface area (Å²) in [5.41, 5.74) is 1.10. The molecule has 2 atom stereocenters. The van der Waals surface area contributed by atoms with Crippen LogP contribution in [-0.4, -0.2) is 30.3 Å². The van der Waals surface area contributed by atoms with Crippen molar-refractivity contribution in [3.05, 3.63) is 24.3 Å². The number of nitrogens with zero attached hydrogens (tertiary/aromatic N) is 2. The maximum atomic E-state index is 5.75. The van der Waals surface area contributed by atoms with Gasteiger partial charge in [0.25, 0.3) is 0 Å². The van der Waals surface area contributed by atoms with Gasteiger partial charge in [0, 0.05) is 13.1 Å². The summed E-state index contributed by atoms with van der Waals surface area (Å²) in [6.07, 6.45) is 0.566. The van der Waals surface area contributed by atoms with E-state index in [1.165, 1.54) is 4.70 Å². The van der Waals surface area contributed by atoms with Gasteiger partial charge in [0.15, 0.2) is 5.13 Å². The third-order valence-corrected chi connectivity index (χ3v) is 4.07. The molecule has 0 spiro atoms. The van der Waals surface area contributed by atoms with E-state index in [9.17, 15) is 0 Å². The lowest BCUT2D eigenvalue weighted by molar-refractivity contribution is -0.00521. The molecular formula is C13H16N2OS. The van der Waals surface area contributed by atoms with Crippen LogP contribution in [0.25, 0.3) is 10.2 Å². The van der Waals surface area contributed by atoms with E-state index in [0.717, 1.165) is 23.7 Å².